The van der Waals surface area contributed by atoms with E-state index in [0.29, 0.717) is 29.8 Å². The van der Waals surface area contributed by atoms with Crippen LogP contribution in [0.25, 0.3) is 10.4 Å². The van der Waals surface area contributed by atoms with Crippen molar-refractivity contribution >= 4 is 6.09 Å². The van der Waals surface area contributed by atoms with Crippen molar-refractivity contribution in [1.29, 1.82) is 0 Å². The Hall–Kier alpha value is -2.50. The van der Waals surface area contributed by atoms with E-state index in [2.05, 4.69) is 37.7 Å². The number of ether oxygens (including phenoxy) is 2. The first-order valence-corrected chi connectivity index (χ1v) is 17.1. The standard InChI is InChI=1S/C36H50N4O3/c1-22-16-32-33(40(20-22)34(41)42-21-25-8-6-5-7-9-25)24(3)36(43-32)15-13-28-29-11-10-26-17-27(38-39-37)12-14-35(26,4)31(29)18-30(28)23(2)19-36/h5-9,22,24,26-29,31-33H,10-21H2,1-4H3/t22-,24+,26+,27?,28-,29-,31-,32+,33-,35-,36-/m0/s1. The molecule has 43 heavy (non-hydrogen) atoms. The second-order valence-corrected chi connectivity index (χ2v) is 15.5. The fourth-order valence-corrected chi connectivity index (χ4v) is 11.2. The minimum absolute atomic E-state index is 0.0727. The second-order valence-electron chi connectivity index (χ2n) is 15.5. The monoisotopic (exact) mass is 586 g/mol. The molecule has 0 bridgehead atoms. The number of azide groups is 1. The summed E-state index contributed by atoms with van der Waals surface area (Å²) in [4.78, 5) is 18.7. The lowest BCUT2D eigenvalue weighted by Crippen LogP contribution is -2.54. The lowest BCUT2D eigenvalue weighted by atomic mass is 9.52. The first-order valence-electron chi connectivity index (χ1n) is 17.1. The minimum atomic E-state index is -0.206. The van der Waals surface area contributed by atoms with Crippen LogP contribution in [0.3, 0.4) is 0 Å². The van der Waals surface area contributed by atoms with Crippen LogP contribution in [0.1, 0.15) is 97.5 Å². The quantitative estimate of drug-likeness (QED) is 0.153. The molecule has 1 unspecified atom stereocenters. The van der Waals surface area contributed by atoms with E-state index in [4.69, 9.17) is 15.0 Å². The van der Waals surface area contributed by atoms with Gasteiger partial charge in [0.1, 0.15) is 6.61 Å². The number of benzene rings is 1. The molecule has 7 heteroatoms. The van der Waals surface area contributed by atoms with E-state index in [1.807, 2.05) is 35.2 Å². The summed E-state index contributed by atoms with van der Waals surface area (Å²) in [6.07, 6.45) is 11.3. The Bertz CT molecular complexity index is 1310. The first-order chi connectivity index (χ1) is 20.7. The Labute approximate surface area is 257 Å². The number of nitrogens with zero attached hydrogens (tertiary/aromatic N) is 4. The maximum Gasteiger partial charge on any atom is 0.410 e. The molecule has 6 aliphatic rings. The SMILES string of the molecule is CC1=C2C[C@H]3[C@@H](CC[C@@H]4CC(N=[N+]=[N-])CC[C@@]43C)[C@@H]2CC[C@@]2(C1)O[C@@H]1C[C@H](C)CN(C(=O)OCc3ccccc3)[C@H]1[C@H]2C. The molecule has 0 N–H and O–H groups in total. The van der Waals surface area contributed by atoms with E-state index >= 15 is 0 Å². The number of rotatable bonds is 3. The molecule has 0 aromatic heterocycles. The highest BCUT2D eigenvalue weighted by Gasteiger charge is 2.60. The van der Waals surface area contributed by atoms with Gasteiger partial charge in [0.05, 0.1) is 17.7 Å². The van der Waals surface area contributed by atoms with Crippen LogP contribution in [0.4, 0.5) is 4.79 Å². The molecule has 1 spiro atoms. The van der Waals surface area contributed by atoms with E-state index in [0.717, 1.165) is 56.0 Å². The number of carbonyl (C=O) groups is 1. The lowest BCUT2D eigenvalue weighted by molar-refractivity contribution is -0.0802. The zero-order valence-corrected chi connectivity index (χ0v) is 26.6. The summed E-state index contributed by atoms with van der Waals surface area (Å²) in [7, 11) is 0. The molecule has 2 heterocycles. The van der Waals surface area contributed by atoms with Crippen LogP contribution in [0, 0.1) is 40.9 Å². The van der Waals surface area contributed by atoms with Gasteiger partial charge in [0.2, 0.25) is 0 Å². The molecule has 7 rings (SSSR count). The predicted octanol–water partition coefficient (Wildman–Crippen LogP) is 8.84. The van der Waals surface area contributed by atoms with Crippen molar-refractivity contribution in [3.63, 3.8) is 0 Å². The largest absolute Gasteiger partial charge is 0.445 e. The number of hydrogen-bond donors (Lipinski definition) is 0. The molecule has 0 radical (unpaired) electrons. The van der Waals surface area contributed by atoms with E-state index in [9.17, 15) is 4.79 Å². The third-order valence-electron chi connectivity index (χ3n) is 13.4. The van der Waals surface area contributed by atoms with Gasteiger partial charge in [-0.1, -0.05) is 67.4 Å². The summed E-state index contributed by atoms with van der Waals surface area (Å²) < 4.78 is 13.1. The van der Waals surface area contributed by atoms with Crippen molar-refractivity contribution in [2.24, 2.45) is 46.0 Å². The van der Waals surface area contributed by atoms with Crippen molar-refractivity contribution in [1.82, 2.24) is 4.90 Å². The summed E-state index contributed by atoms with van der Waals surface area (Å²) in [5.41, 5.74) is 13.5. The molecule has 4 aliphatic carbocycles. The van der Waals surface area contributed by atoms with E-state index in [-0.39, 0.29) is 35.8 Å². The molecule has 1 aromatic rings. The predicted molar refractivity (Wildman–Crippen MR) is 167 cm³/mol. The van der Waals surface area contributed by atoms with Crippen molar-refractivity contribution in [2.45, 2.75) is 122 Å². The van der Waals surface area contributed by atoms with Crippen LogP contribution in [-0.4, -0.2) is 41.3 Å². The molecule has 2 saturated heterocycles. The maximum atomic E-state index is 13.5. The fraction of sp³-hybridized carbons (Fsp3) is 0.750. The van der Waals surface area contributed by atoms with Crippen LogP contribution < -0.4 is 0 Å². The highest BCUT2D eigenvalue weighted by Crippen LogP contribution is 2.65. The number of likely N-dealkylation sites (tertiary alicyclic amines) is 1. The van der Waals surface area contributed by atoms with Gasteiger partial charge in [0.15, 0.2) is 0 Å². The molecule has 232 valence electrons. The van der Waals surface area contributed by atoms with Gasteiger partial charge in [0, 0.05) is 23.4 Å². The van der Waals surface area contributed by atoms with Gasteiger partial charge in [-0.3, -0.25) is 0 Å². The lowest BCUT2D eigenvalue weighted by Gasteiger charge is -2.53. The molecule has 1 amide bonds. The van der Waals surface area contributed by atoms with Gasteiger partial charge < -0.3 is 14.4 Å². The van der Waals surface area contributed by atoms with Gasteiger partial charge in [-0.2, -0.15) is 0 Å². The van der Waals surface area contributed by atoms with Gasteiger partial charge >= 0.3 is 6.09 Å². The normalized spacial score (nSPS) is 43.6. The zero-order valence-electron chi connectivity index (χ0n) is 26.6. The van der Waals surface area contributed by atoms with Crippen LogP contribution in [0.2, 0.25) is 0 Å². The summed E-state index contributed by atoms with van der Waals surface area (Å²) in [6.45, 7) is 10.6. The number of allylic oxidation sites excluding steroid dienone is 1. The zero-order chi connectivity index (χ0) is 29.9. The number of fused-ring (bicyclic) bond motifs is 6. The van der Waals surface area contributed by atoms with E-state index in [1.165, 1.54) is 32.1 Å². The van der Waals surface area contributed by atoms with Gasteiger partial charge in [-0.05, 0) is 117 Å². The van der Waals surface area contributed by atoms with Gasteiger partial charge in [-0.25, -0.2) is 4.79 Å². The Kier molecular flexibility index (Phi) is 7.57. The Balaban J connectivity index is 1.10. The smallest absolute Gasteiger partial charge is 0.410 e. The first kappa shape index (κ1) is 29.2. The highest BCUT2D eigenvalue weighted by molar-refractivity contribution is 5.68. The third kappa shape index (κ3) is 4.90. The van der Waals surface area contributed by atoms with E-state index < -0.39 is 0 Å². The topological polar surface area (TPSA) is 87.5 Å². The highest BCUT2D eigenvalue weighted by atomic mass is 16.6. The van der Waals surface area contributed by atoms with Crippen LogP contribution in [-0.2, 0) is 16.1 Å². The molecule has 2 aliphatic heterocycles. The maximum absolute atomic E-state index is 13.5. The molecule has 11 atom stereocenters. The van der Waals surface area contributed by atoms with Gasteiger partial charge in [0.25, 0.3) is 0 Å². The van der Waals surface area contributed by atoms with Crippen molar-refractivity contribution in [3.8, 4) is 0 Å². The molecule has 3 saturated carbocycles. The third-order valence-corrected chi connectivity index (χ3v) is 13.4. The number of carbonyl (C=O) groups excluding carboxylic acids is 1. The summed E-state index contributed by atoms with van der Waals surface area (Å²) in [5.74, 6) is 3.53. The van der Waals surface area contributed by atoms with Crippen LogP contribution in [0.5, 0.6) is 0 Å². The van der Waals surface area contributed by atoms with Crippen LogP contribution >= 0.6 is 0 Å². The Morgan fingerprint density at radius 1 is 1.14 bits per heavy atom. The minimum Gasteiger partial charge on any atom is -0.445 e. The molecule has 7 nitrogen and oxygen atoms in total. The average molecular weight is 587 g/mol. The Morgan fingerprint density at radius 2 is 1.95 bits per heavy atom. The molecular weight excluding hydrogens is 536 g/mol. The molecule has 5 fully saturated rings. The summed E-state index contributed by atoms with van der Waals surface area (Å²) in [6, 6.07) is 10.2. The fourth-order valence-electron chi connectivity index (χ4n) is 11.2. The number of hydrogen-bond acceptors (Lipinski definition) is 4. The summed E-state index contributed by atoms with van der Waals surface area (Å²) >= 11 is 0. The van der Waals surface area contributed by atoms with Crippen molar-refractivity contribution in [2.75, 3.05) is 6.54 Å². The van der Waals surface area contributed by atoms with Crippen LogP contribution in [0.15, 0.2) is 46.6 Å². The van der Waals surface area contributed by atoms with Crippen molar-refractivity contribution < 1.29 is 14.3 Å². The summed E-state index contributed by atoms with van der Waals surface area (Å²) in [5, 5.41) is 4.14. The molecular formula is C36H50N4O3. The number of amides is 1. The van der Waals surface area contributed by atoms with Crippen molar-refractivity contribution in [3.05, 3.63) is 57.5 Å². The van der Waals surface area contributed by atoms with E-state index in [1.54, 1.807) is 11.1 Å². The average Bonchev–Trinajstić information content (AvgIpc) is 3.46. The number of piperidine rings is 1. The van der Waals surface area contributed by atoms with Gasteiger partial charge in [-0.15, -0.1) is 0 Å². The molecule has 1 aromatic carbocycles. The second kappa shape index (κ2) is 11.1. The Morgan fingerprint density at radius 3 is 2.74 bits per heavy atom.